The summed E-state index contributed by atoms with van der Waals surface area (Å²) in [5.41, 5.74) is 0.622. The van der Waals surface area contributed by atoms with Crippen LogP contribution < -0.4 is 5.32 Å². The molecule has 1 aromatic carbocycles. The number of hydrogen-bond acceptors (Lipinski definition) is 2. The fraction of sp³-hybridized carbons (Fsp3) is 0.182. The van der Waals surface area contributed by atoms with Gasteiger partial charge in [-0.25, -0.2) is 13.8 Å². The lowest BCUT2D eigenvalue weighted by molar-refractivity contribution is 0.504. The number of aromatic nitrogens is 2. The lowest BCUT2D eigenvalue weighted by Gasteiger charge is -2.14. The van der Waals surface area contributed by atoms with Crippen molar-refractivity contribution in [2.24, 2.45) is 0 Å². The van der Waals surface area contributed by atoms with Gasteiger partial charge in [-0.15, -0.1) is 0 Å². The molecule has 0 bridgehead atoms. The molecule has 3 nitrogen and oxygen atoms in total. The molecular formula is C11H11F2N3. The van der Waals surface area contributed by atoms with Gasteiger partial charge in [0.05, 0.1) is 6.04 Å². The minimum atomic E-state index is -0.857. The summed E-state index contributed by atoms with van der Waals surface area (Å²) < 4.78 is 25.9. The SMILES string of the molecule is CNC(c1ccc(F)c(F)c1)c1ncc[nH]1. The fourth-order valence-electron chi connectivity index (χ4n) is 1.59. The lowest BCUT2D eigenvalue weighted by Crippen LogP contribution is -2.19. The van der Waals surface area contributed by atoms with Gasteiger partial charge >= 0.3 is 0 Å². The highest BCUT2D eigenvalue weighted by atomic mass is 19.2. The Bertz CT molecular complexity index is 468. The molecule has 2 N–H and O–H groups in total. The number of nitrogens with one attached hydrogen (secondary N) is 2. The molecule has 84 valence electrons. The van der Waals surface area contributed by atoms with Crippen molar-refractivity contribution in [2.45, 2.75) is 6.04 Å². The van der Waals surface area contributed by atoms with Gasteiger partial charge in [-0.1, -0.05) is 6.07 Å². The maximum Gasteiger partial charge on any atom is 0.159 e. The normalized spacial score (nSPS) is 12.7. The number of aromatic amines is 1. The average Bonchev–Trinajstić information content (AvgIpc) is 2.78. The van der Waals surface area contributed by atoms with Crippen LogP contribution in [0.1, 0.15) is 17.4 Å². The first-order valence-corrected chi connectivity index (χ1v) is 4.84. The molecule has 0 saturated carbocycles. The molecule has 1 unspecified atom stereocenters. The first kappa shape index (κ1) is 10.8. The Morgan fingerprint density at radius 2 is 2.12 bits per heavy atom. The van der Waals surface area contributed by atoms with Crippen LogP contribution >= 0.6 is 0 Å². The molecule has 0 amide bonds. The van der Waals surface area contributed by atoms with Gasteiger partial charge < -0.3 is 10.3 Å². The van der Waals surface area contributed by atoms with E-state index in [-0.39, 0.29) is 6.04 Å². The van der Waals surface area contributed by atoms with Crippen molar-refractivity contribution in [1.29, 1.82) is 0 Å². The Morgan fingerprint density at radius 3 is 2.69 bits per heavy atom. The van der Waals surface area contributed by atoms with E-state index in [1.54, 1.807) is 19.4 Å². The van der Waals surface area contributed by atoms with E-state index < -0.39 is 11.6 Å². The summed E-state index contributed by atoms with van der Waals surface area (Å²) >= 11 is 0. The molecule has 1 heterocycles. The van der Waals surface area contributed by atoms with Gasteiger partial charge in [-0.2, -0.15) is 0 Å². The summed E-state index contributed by atoms with van der Waals surface area (Å²) in [4.78, 5) is 7.01. The summed E-state index contributed by atoms with van der Waals surface area (Å²) in [7, 11) is 1.73. The molecule has 0 spiro atoms. The maximum absolute atomic E-state index is 13.1. The minimum absolute atomic E-state index is 0.273. The Labute approximate surface area is 91.5 Å². The first-order chi connectivity index (χ1) is 7.72. The molecule has 0 aliphatic heterocycles. The predicted octanol–water partition coefficient (Wildman–Crippen LogP) is 2.00. The second-order valence-electron chi connectivity index (χ2n) is 3.37. The summed E-state index contributed by atoms with van der Waals surface area (Å²) in [5.74, 6) is -1.05. The first-order valence-electron chi connectivity index (χ1n) is 4.84. The summed E-state index contributed by atoms with van der Waals surface area (Å²) in [6.45, 7) is 0. The Balaban J connectivity index is 2.37. The third-order valence-electron chi connectivity index (χ3n) is 2.36. The van der Waals surface area contributed by atoms with Crippen molar-refractivity contribution in [1.82, 2.24) is 15.3 Å². The van der Waals surface area contributed by atoms with Crippen LogP contribution in [0, 0.1) is 11.6 Å². The molecule has 2 aromatic rings. The zero-order valence-electron chi connectivity index (χ0n) is 8.67. The third-order valence-corrected chi connectivity index (χ3v) is 2.36. The second-order valence-corrected chi connectivity index (χ2v) is 3.37. The summed E-state index contributed by atoms with van der Waals surface area (Å²) in [6.07, 6.45) is 3.29. The maximum atomic E-state index is 13.1. The Morgan fingerprint density at radius 1 is 1.31 bits per heavy atom. The highest BCUT2D eigenvalue weighted by Gasteiger charge is 2.15. The molecule has 1 aromatic heterocycles. The largest absolute Gasteiger partial charge is 0.347 e. The van der Waals surface area contributed by atoms with Gasteiger partial charge in [-0.3, -0.25) is 0 Å². The average molecular weight is 223 g/mol. The van der Waals surface area contributed by atoms with E-state index in [0.29, 0.717) is 11.4 Å². The van der Waals surface area contributed by atoms with Crippen molar-refractivity contribution >= 4 is 0 Å². The van der Waals surface area contributed by atoms with Crippen LogP contribution in [0.15, 0.2) is 30.6 Å². The molecular weight excluding hydrogens is 212 g/mol. The summed E-state index contributed by atoms with van der Waals surface area (Å²) in [5, 5.41) is 2.98. The topological polar surface area (TPSA) is 40.7 Å². The zero-order valence-corrected chi connectivity index (χ0v) is 8.67. The van der Waals surface area contributed by atoms with E-state index in [1.807, 2.05) is 0 Å². The number of hydrogen-bond donors (Lipinski definition) is 2. The van der Waals surface area contributed by atoms with Gasteiger partial charge in [0.15, 0.2) is 11.6 Å². The number of rotatable bonds is 3. The molecule has 0 aliphatic carbocycles. The van der Waals surface area contributed by atoms with Crippen LogP contribution in [0.2, 0.25) is 0 Å². The molecule has 5 heteroatoms. The van der Waals surface area contributed by atoms with E-state index in [9.17, 15) is 8.78 Å². The van der Waals surface area contributed by atoms with Crippen LogP contribution in [-0.4, -0.2) is 17.0 Å². The van der Waals surface area contributed by atoms with E-state index in [2.05, 4.69) is 15.3 Å². The van der Waals surface area contributed by atoms with Crippen molar-refractivity contribution in [3.8, 4) is 0 Å². The van der Waals surface area contributed by atoms with Crippen LogP contribution in [0.3, 0.4) is 0 Å². The van der Waals surface area contributed by atoms with Crippen molar-refractivity contribution in [2.75, 3.05) is 7.05 Å². The number of benzene rings is 1. The van der Waals surface area contributed by atoms with E-state index in [1.165, 1.54) is 12.1 Å². The second kappa shape index (κ2) is 4.40. The molecule has 16 heavy (non-hydrogen) atoms. The lowest BCUT2D eigenvalue weighted by atomic mass is 10.1. The highest BCUT2D eigenvalue weighted by Crippen LogP contribution is 2.20. The van der Waals surface area contributed by atoms with Gasteiger partial charge in [0.25, 0.3) is 0 Å². The van der Waals surface area contributed by atoms with Crippen molar-refractivity contribution in [3.63, 3.8) is 0 Å². The third kappa shape index (κ3) is 1.94. The molecule has 2 rings (SSSR count). The van der Waals surface area contributed by atoms with E-state index in [4.69, 9.17) is 0 Å². The van der Waals surface area contributed by atoms with E-state index >= 15 is 0 Å². The van der Waals surface area contributed by atoms with Gasteiger partial charge in [0.1, 0.15) is 5.82 Å². The quantitative estimate of drug-likeness (QED) is 0.835. The highest BCUT2D eigenvalue weighted by molar-refractivity contribution is 5.26. The molecule has 0 fully saturated rings. The zero-order chi connectivity index (χ0) is 11.5. The van der Waals surface area contributed by atoms with Crippen LogP contribution in [0.5, 0.6) is 0 Å². The fourth-order valence-corrected chi connectivity index (χ4v) is 1.59. The number of imidazole rings is 1. The number of H-pyrrole nitrogens is 1. The monoisotopic (exact) mass is 223 g/mol. The van der Waals surface area contributed by atoms with Crippen LogP contribution in [0.25, 0.3) is 0 Å². The summed E-state index contributed by atoms with van der Waals surface area (Å²) in [6, 6.07) is 3.53. The molecule has 0 saturated heterocycles. The number of nitrogens with zero attached hydrogens (tertiary/aromatic N) is 1. The van der Waals surface area contributed by atoms with Gasteiger partial charge in [-0.05, 0) is 24.7 Å². The Hall–Kier alpha value is -1.75. The molecule has 0 radical (unpaired) electrons. The van der Waals surface area contributed by atoms with Crippen molar-refractivity contribution < 1.29 is 8.78 Å². The number of halogens is 2. The molecule has 1 atom stereocenters. The van der Waals surface area contributed by atoms with Gasteiger partial charge in [0, 0.05) is 12.4 Å². The standard InChI is InChI=1S/C11H11F2N3/c1-14-10(11-15-4-5-16-11)7-2-3-8(12)9(13)6-7/h2-6,10,14H,1H3,(H,15,16). The Kier molecular flexibility index (Phi) is 2.96. The predicted molar refractivity (Wildman–Crippen MR) is 55.8 cm³/mol. The van der Waals surface area contributed by atoms with Gasteiger partial charge in [0.2, 0.25) is 0 Å². The van der Waals surface area contributed by atoms with Crippen LogP contribution in [0.4, 0.5) is 8.78 Å². The molecule has 0 aliphatic rings. The minimum Gasteiger partial charge on any atom is -0.347 e. The smallest absolute Gasteiger partial charge is 0.159 e. The van der Waals surface area contributed by atoms with E-state index in [0.717, 1.165) is 6.07 Å². The van der Waals surface area contributed by atoms with Crippen molar-refractivity contribution in [3.05, 3.63) is 53.6 Å². The van der Waals surface area contributed by atoms with Crippen LogP contribution in [-0.2, 0) is 0 Å².